The maximum absolute atomic E-state index is 5.40. The molecular formula is C10H11NO. The zero-order valence-corrected chi connectivity index (χ0v) is 7.24. The normalized spacial score (nSPS) is 10.5. The topological polar surface area (TPSA) is 16.4 Å². The minimum absolute atomic E-state index is 0.922. The van der Waals surface area contributed by atoms with Crippen LogP contribution in [0, 0.1) is 0 Å². The van der Waals surface area contributed by atoms with E-state index in [1.54, 1.807) is 6.26 Å². The molecule has 2 heteroatoms. The Balaban J connectivity index is 2.70. The van der Waals surface area contributed by atoms with Gasteiger partial charge in [-0.3, -0.25) is 0 Å². The van der Waals surface area contributed by atoms with Crippen molar-refractivity contribution < 1.29 is 4.42 Å². The summed E-state index contributed by atoms with van der Waals surface area (Å²) in [5, 5.41) is 2.32. The van der Waals surface area contributed by atoms with Gasteiger partial charge in [-0.25, -0.2) is 0 Å². The van der Waals surface area contributed by atoms with Crippen molar-refractivity contribution in [2.45, 2.75) is 0 Å². The second kappa shape index (κ2) is 2.55. The van der Waals surface area contributed by atoms with Gasteiger partial charge >= 0.3 is 0 Å². The van der Waals surface area contributed by atoms with Crippen molar-refractivity contribution in [3.05, 3.63) is 30.5 Å². The van der Waals surface area contributed by atoms with Crippen LogP contribution >= 0.6 is 0 Å². The third-order valence-corrected chi connectivity index (χ3v) is 1.89. The van der Waals surface area contributed by atoms with Crippen molar-refractivity contribution in [3.63, 3.8) is 0 Å². The van der Waals surface area contributed by atoms with Gasteiger partial charge in [0.1, 0.15) is 6.26 Å². The SMILES string of the molecule is CN(C)c1occ2ccccc12. The van der Waals surface area contributed by atoms with E-state index < -0.39 is 0 Å². The minimum Gasteiger partial charge on any atom is -0.448 e. The van der Waals surface area contributed by atoms with E-state index in [2.05, 4.69) is 6.07 Å². The largest absolute Gasteiger partial charge is 0.448 e. The van der Waals surface area contributed by atoms with Crippen molar-refractivity contribution in [1.29, 1.82) is 0 Å². The summed E-state index contributed by atoms with van der Waals surface area (Å²) >= 11 is 0. The average molecular weight is 161 g/mol. The van der Waals surface area contributed by atoms with Crippen LogP contribution in [-0.4, -0.2) is 14.1 Å². The van der Waals surface area contributed by atoms with E-state index in [0.29, 0.717) is 0 Å². The van der Waals surface area contributed by atoms with Crippen molar-refractivity contribution in [2.75, 3.05) is 19.0 Å². The Kier molecular flexibility index (Phi) is 1.54. The fraction of sp³-hybridized carbons (Fsp3) is 0.200. The first-order chi connectivity index (χ1) is 5.79. The van der Waals surface area contributed by atoms with Crippen LogP contribution in [0.5, 0.6) is 0 Å². The van der Waals surface area contributed by atoms with Crippen LogP contribution in [0.25, 0.3) is 10.8 Å². The summed E-state index contributed by atoms with van der Waals surface area (Å²) < 4.78 is 5.40. The molecule has 0 aliphatic carbocycles. The zero-order chi connectivity index (χ0) is 8.55. The fourth-order valence-electron chi connectivity index (χ4n) is 1.32. The van der Waals surface area contributed by atoms with Gasteiger partial charge in [0.2, 0.25) is 5.88 Å². The van der Waals surface area contributed by atoms with Crippen LogP contribution in [0.15, 0.2) is 34.9 Å². The third kappa shape index (κ3) is 0.961. The Labute approximate surface area is 71.4 Å². The highest BCUT2D eigenvalue weighted by Crippen LogP contribution is 2.26. The average Bonchev–Trinajstić information content (AvgIpc) is 2.47. The van der Waals surface area contributed by atoms with E-state index in [-0.39, 0.29) is 0 Å². The minimum atomic E-state index is 0.922. The number of hydrogen-bond acceptors (Lipinski definition) is 2. The van der Waals surface area contributed by atoms with Crippen LogP contribution in [-0.2, 0) is 0 Å². The standard InChI is InChI=1S/C10H11NO/c1-11(2)10-9-6-4-3-5-8(9)7-12-10/h3-7H,1-2H3. The molecule has 2 rings (SSSR count). The monoisotopic (exact) mass is 161 g/mol. The maximum atomic E-state index is 5.40. The van der Waals surface area contributed by atoms with Crippen molar-refractivity contribution >= 4 is 16.7 Å². The molecule has 62 valence electrons. The molecule has 1 aromatic carbocycles. The summed E-state index contributed by atoms with van der Waals surface area (Å²) in [4.78, 5) is 1.97. The number of fused-ring (bicyclic) bond motifs is 1. The van der Waals surface area contributed by atoms with Gasteiger partial charge in [0.05, 0.1) is 0 Å². The molecule has 0 radical (unpaired) electrons. The van der Waals surface area contributed by atoms with Gasteiger partial charge in [0.25, 0.3) is 0 Å². The van der Waals surface area contributed by atoms with Crippen LogP contribution in [0.4, 0.5) is 5.88 Å². The first-order valence-electron chi connectivity index (χ1n) is 3.92. The van der Waals surface area contributed by atoms with E-state index in [4.69, 9.17) is 4.42 Å². The summed E-state index contributed by atoms with van der Waals surface area (Å²) in [7, 11) is 3.95. The predicted octanol–water partition coefficient (Wildman–Crippen LogP) is 2.50. The molecule has 0 saturated heterocycles. The molecule has 2 aromatic rings. The Morgan fingerprint density at radius 1 is 1.17 bits per heavy atom. The lowest BCUT2D eigenvalue weighted by molar-refractivity contribution is 0.570. The number of benzene rings is 1. The molecule has 0 atom stereocenters. The number of nitrogens with zero attached hydrogens (tertiary/aromatic N) is 1. The lowest BCUT2D eigenvalue weighted by Gasteiger charge is -2.07. The van der Waals surface area contributed by atoms with Gasteiger partial charge in [-0.2, -0.15) is 0 Å². The molecule has 1 heterocycles. The molecule has 0 fully saturated rings. The van der Waals surface area contributed by atoms with Gasteiger partial charge < -0.3 is 9.32 Å². The summed E-state index contributed by atoms with van der Waals surface area (Å²) in [5.41, 5.74) is 0. The van der Waals surface area contributed by atoms with Crippen molar-refractivity contribution in [3.8, 4) is 0 Å². The zero-order valence-electron chi connectivity index (χ0n) is 7.24. The number of rotatable bonds is 1. The molecule has 0 bridgehead atoms. The quantitative estimate of drug-likeness (QED) is 0.639. The lowest BCUT2D eigenvalue weighted by atomic mass is 10.2. The van der Waals surface area contributed by atoms with Gasteiger partial charge in [-0.15, -0.1) is 0 Å². The van der Waals surface area contributed by atoms with E-state index in [0.717, 1.165) is 11.3 Å². The van der Waals surface area contributed by atoms with Crippen molar-refractivity contribution in [1.82, 2.24) is 0 Å². The molecule has 1 aromatic heterocycles. The van der Waals surface area contributed by atoms with Gasteiger partial charge in [-0.05, 0) is 6.07 Å². The van der Waals surface area contributed by atoms with Crippen LogP contribution in [0.1, 0.15) is 0 Å². The molecule has 0 aliphatic heterocycles. The predicted molar refractivity (Wildman–Crippen MR) is 50.5 cm³/mol. The van der Waals surface area contributed by atoms with Crippen LogP contribution in [0.2, 0.25) is 0 Å². The summed E-state index contributed by atoms with van der Waals surface area (Å²) in [6.07, 6.45) is 1.78. The highest BCUT2D eigenvalue weighted by Gasteiger charge is 2.05. The van der Waals surface area contributed by atoms with E-state index in [1.807, 2.05) is 37.2 Å². The molecular weight excluding hydrogens is 150 g/mol. The first-order valence-corrected chi connectivity index (χ1v) is 3.92. The number of hydrogen-bond donors (Lipinski definition) is 0. The van der Waals surface area contributed by atoms with Crippen molar-refractivity contribution in [2.24, 2.45) is 0 Å². The fourth-order valence-corrected chi connectivity index (χ4v) is 1.32. The van der Waals surface area contributed by atoms with Crippen LogP contribution in [0.3, 0.4) is 0 Å². The van der Waals surface area contributed by atoms with E-state index in [9.17, 15) is 0 Å². The summed E-state index contributed by atoms with van der Waals surface area (Å²) in [6, 6.07) is 8.14. The molecule has 0 aliphatic rings. The van der Waals surface area contributed by atoms with Gasteiger partial charge in [0.15, 0.2) is 0 Å². The summed E-state index contributed by atoms with van der Waals surface area (Å²) in [5.74, 6) is 0.922. The van der Waals surface area contributed by atoms with E-state index in [1.165, 1.54) is 5.39 Å². The van der Waals surface area contributed by atoms with Gasteiger partial charge in [-0.1, -0.05) is 18.2 Å². The van der Waals surface area contributed by atoms with Gasteiger partial charge in [0, 0.05) is 24.9 Å². The van der Waals surface area contributed by atoms with E-state index >= 15 is 0 Å². The molecule has 0 saturated carbocycles. The highest BCUT2D eigenvalue weighted by atomic mass is 16.3. The third-order valence-electron chi connectivity index (χ3n) is 1.89. The number of furan rings is 1. The summed E-state index contributed by atoms with van der Waals surface area (Å²) in [6.45, 7) is 0. The lowest BCUT2D eigenvalue weighted by Crippen LogP contribution is -2.07. The molecule has 2 nitrogen and oxygen atoms in total. The maximum Gasteiger partial charge on any atom is 0.202 e. The molecule has 0 spiro atoms. The Hall–Kier alpha value is -1.44. The smallest absolute Gasteiger partial charge is 0.202 e. The first kappa shape index (κ1) is 7.22. The Morgan fingerprint density at radius 3 is 2.67 bits per heavy atom. The second-order valence-corrected chi connectivity index (χ2v) is 3.02. The molecule has 12 heavy (non-hydrogen) atoms. The number of anilines is 1. The molecule has 0 amide bonds. The Morgan fingerprint density at radius 2 is 1.92 bits per heavy atom. The van der Waals surface area contributed by atoms with Crippen LogP contribution < -0.4 is 4.90 Å². The second-order valence-electron chi connectivity index (χ2n) is 3.02. The molecule has 0 unspecified atom stereocenters. The Bertz CT molecular complexity index is 389. The molecule has 0 N–H and O–H groups in total. The highest BCUT2D eigenvalue weighted by molar-refractivity contribution is 5.91.